The lowest BCUT2D eigenvalue weighted by molar-refractivity contribution is -0.114. The van der Waals surface area contributed by atoms with Crippen LogP contribution in [0.2, 0.25) is 0 Å². The first-order chi connectivity index (χ1) is 19.3. The summed E-state index contributed by atoms with van der Waals surface area (Å²) in [7, 11) is 2.97. The van der Waals surface area contributed by atoms with Crippen LogP contribution < -0.4 is 25.4 Å². The number of carbonyl (C=O) groups is 2. The number of phenols is 1. The third kappa shape index (κ3) is 6.39. The molecular weight excluding hydrogens is 528 g/mol. The second-order valence-electron chi connectivity index (χ2n) is 8.77. The molecule has 0 bridgehead atoms. The molecule has 9 nitrogen and oxygen atoms in total. The minimum Gasteiger partial charge on any atom is -0.504 e. The van der Waals surface area contributed by atoms with Gasteiger partial charge in [0.25, 0.3) is 5.91 Å². The molecule has 0 saturated carbocycles. The van der Waals surface area contributed by atoms with Crippen molar-refractivity contribution in [2.75, 3.05) is 30.6 Å². The number of benzene rings is 3. The minimum atomic E-state index is -0.784. The highest BCUT2D eigenvalue weighted by molar-refractivity contribution is 8.03. The average molecular weight is 557 g/mol. The monoisotopic (exact) mass is 556 g/mol. The van der Waals surface area contributed by atoms with Gasteiger partial charge in [-0.1, -0.05) is 42.1 Å². The standard InChI is InChI=1S/C30H28N4O5S/c1-18-27(29(37)34-20-8-5-4-6-9-20)28(19-12-13-24(35)25(14-19)39-3)23(16-31)30(32-18)40-17-26(36)33-21-10-7-11-22(15-21)38-2/h4-15,28,32,35H,17H2,1-3H3,(H,33,36)(H,34,37)/t28-/m1/s1. The van der Waals surface area contributed by atoms with Crippen molar-refractivity contribution in [3.8, 4) is 23.3 Å². The molecule has 0 saturated heterocycles. The van der Waals surface area contributed by atoms with Crippen LogP contribution in [0.15, 0.2) is 94.7 Å². The maximum Gasteiger partial charge on any atom is 0.254 e. The summed E-state index contributed by atoms with van der Waals surface area (Å²) in [6.07, 6.45) is 0. The molecule has 4 rings (SSSR count). The van der Waals surface area contributed by atoms with Crippen molar-refractivity contribution in [2.24, 2.45) is 0 Å². The zero-order chi connectivity index (χ0) is 28.6. The highest BCUT2D eigenvalue weighted by Crippen LogP contribution is 2.43. The molecule has 1 atom stereocenters. The smallest absolute Gasteiger partial charge is 0.254 e. The molecule has 0 aliphatic carbocycles. The van der Waals surface area contributed by atoms with Gasteiger partial charge in [-0.2, -0.15) is 5.26 Å². The van der Waals surface area contributed by atoms with Crippen LogP contribution in [-0.4, -0.2) is 36.9 Å². The van der Waals surface area contributed by atoms with Crippen molar-refractivity contribution in [3.63, 3.8) is 0 Å². The van der Waals surface area contributed by atoms with Crippen LogP contribution in [0.1, 0.15) is 18.4 Å². The van der Waals surface area contributed by atoms with Crippen LogP contribution in [0.3, 0.4) is 0 Å². The number of ether oxygens (including phenoxy) is 2. The maximum atomic E-state index is 13.6. The number of nitrogens with one attached hydrogen (secondary N) is 3. The molecule has 40 heavy (non-hydrogen) atoms. The molecule has 0 spiro atoms. The summed E-state index contributed by atoms with van der Waals surface area (Å²) in [6, 6.07) is 23.0. The van der Waals surface area contributed by atoms with Gasteiger partial charge < -0.3 is 30.5 Å². The first kappa shape index (κ1) is 28.1. The molecule has 0 unspecified atom stereocenters. The lowest BCUT2D eigenvalue weighted by Gasteiger charge is -2.30. The van der Waals surface area contributed by atoms with Crippen molar-refractivity contribution in [1.29, 1.82) is 5.26 Å². The zero-order valence-electron chi connectivity index (χ0n) is 22.1. The molecule has 1 heterocycles. The fourth-order valence-corrected chi connectivity index (χ4v) is 5.18. The molecule has 204 valence electrons. The fraction of sp³-hybridized carbons (Fsp3) is 0.167. The molecule has 3 aromatic carbocycles. The Morgan fingerprint density at radius 1 is 1.00 bits per heavy atom. The second kappa shape index (κ2) is 12.8. The molecular formula is C30H28N4O5S. The van der Waals surface area contributed by atoms with Gasteiger partial charge in [-0.15, -0.1) is 0 Å². The Morgan fingerprint density at radius 2 is 1.75 bits per heavy atom. The molecule has 4 N–H and O–H groups in total. The van der Waals surface area contributed by atoms with Crippen molar-refractivity contribution in [2.45, 2.75) is 12.8 Å². The predicted molar refractivity (Wildman–Crippen MR) is 155 cm³/mol. The van der Waals surface area contributed by atoms with E-state index < -0.39 is 5.92 Å². The Morgan fingerprint density at radius 3 is 2.45 bits per heavy atom. The number of carbonyl (C=O) groups excluding carboxylic acids is 2. The van der Waals surface area contributed by atoms with Gasteiger partial charge in [-0.3, -0.25) is 9.59 Å². The van der Waals surface area contributed by atoms with E-state index in [1.807, 2.05) is 18.2 Å². The van der Waals surface area contributed by atoms with Gasteiger partial charge in [-0.05, 0) is 48.9 Å². The van der Waals surface area contributed by atoms with Crippen LogP contribution in [0.5, 0.6) is 17.2 Å². The quantitative estimate of drug-likeness (QED) is 0.286. The van der Waals surface area contributed by atoms with Crippen molar-refractivity contribution >= 4 is 35.0 Å². The predicted octanol–water partition coefficient (Wildman–Crippen LogP) is 5.12. The topological polar surface area (TPSA) is 133 Å². The number of dihydropyridines is 1. The van der Waals surface area contributed by atoms with Crippen molar-refractivity contribution in [1.82, 2.24) is 5.32 Å². The Hall–Kier alpha value is -4.88. The molecule has 10 heteroatoms. The number of nitrogens with zero attached hydrogens (tertiary/aromatic N) is 1. The van der Waals surface area contributed by atoms with Gasteiger partial charge in [0.15, 0.2) is 11.5 Å². The lowest BCUT2D eigenvalue weighted by Crippen LogP contribution is -2.31. The Labute approximate surface area is 236 Å². The number of allylic oxidation sites excluding steroid dienone is 2. The first-order valence-corrected chi connectivity index (χ1v) is 13.2. The van der Waals surface area contributed by atoms with E-state index in [2.05, 4.69) is 22.0 Å². The third-order valence-corrected chi connectivity index (χ3v) is 7.18. The molecule has 2 amide bonds. The van der Waals surface area contributed by atoms with Crippen LogP contribution in [0.4, 0.5) is 11.4 Å². The lowest BCUT2D eigenvalue weighted by atomic mass is 9.82. The molecule has 3 aromatic rings. The maximum absolute atomic E-state index is 13.6. The van der Waals surface area contributed by atoms with Gasteiger partial charge in [0.2, 0.25) is 5.91 Å². The number of rotatable bonds is 9. The number of hydrogen-bond acceptors (Lipinski definition) is 8. The fourth-order valence-electron chi connectivity index (χ4n) is 4.29. The summed E-state index contributed by atoms with van der Waals surface area (Å²) in [4.78, 5) is 26.3. The molecule has 1 aliphatic rings. The Bertz CT molecular complexity index is 1530. The normalized spacial score (nSPS) is 14.6. The van der Waals surface area contributed by atoms with E-state index in [1.54, 1.807) is 62.6 Å². The summed E-state index contributed by atoms with van der Waals surface area (Å²) >= 11 is 1.16. The van der Waals surface area contributed by atoms with Crippen LogP contribution in [0.25, 0.3) is 0 Å². The van der Waals surface area contributed by atoms with Gasteiger partial charge in [0.05, 0.1) is 42.6 Å². The van der Waals surface area contributed by atoms with Crippen LogP contribution in [0, 0.1) is 11.3 Å². The number of amides is 2. The number of thioether (sulfide) groups is 1. The number of hydrogen-bond donors (Lipinski definition) is 4. The summed E-state index contributed by atoms with van der Waals surface area (Å²) in [5.74, 6) is -0.683. The molecule has 0 fully saturated rings. The zero-order valence-corrected chi connectivity index (χ0v) is 23.0. The number of methoxy groups -OCH3 is 2. The average Bonchev–Trinajstić information content (AvgIpc) is 2.96. The summed E-state index contributed by atoms with van der Waals surface area (Å²) in [5, 5.41) is 29.8. The van der Waals surface area contributed by atoms with Gasteiger partial charge in [0.1, 0.15) is 5.75 Å². The Balaban J connectivity index is 1.66. The summed E-state index contributed by atoms with van der Waals surface area (Å²) < 4.78 is 10.5. The van der Waals surface area contributed by atoms with Crippen LogP contribution in [-0.2, 0) is 9.59 Å². The van der Waals surface area contributed by atoms with Crippen LogP contribution >= 0.6 is 11.8 Å². The van der Waals surface area contributed by atoms with Gasteiger partial charge >= 0.3 is 0 Å². The largest absolute Gasteiger partial charge is 0.504 e. The van der Waals surface area contributed by atoms with E-state index in [-0.39, 0.29) is 34.6 Å². The van der Waals surface area contributed by atoms with E-state index in [9.17, 15) is 20.0 Å². The number of para-hydroxylation sites is 1. The molecule has 1 aliphatic heterocycles. The number of phenolic OH excluding ortho intramolecular Hbond substituents is 1. The van der Waals surface area contributed by atoms with Gasteiger partial charge in [-0.25, -0.2) is 0 Å². The highest BCUT2D eigenvalue weighted by Gasteiger charge is 2.35. The SMILES string of the molecule is COc1cccc(NC(=O)CSC2=C(C#N)[C@@H](c3ccc(O)c(OC)c3)C(C(=O)Nc3ccccc3)=C(C)N2)c1. The first-order valence-electron chi connectivity index (χ1n) is 12.3. The summed E-state index contributed by atoms with van der Waals surface area (Å²) in [5.41, 5.74) is 2.88. The van der Waals surface area contributed by atoms with Crippen molar-refractivity contribution < 1.29 is 24.2 Å². The summed E-state index contributed by atoms with van der Waals surface area (Å²) in [6.45, 7) is 1.75. The molecule has 0 radical (unpaired) electrons. The number of aromatic hydroxyl groups is 1. The number of nitriles is 1. The van der Waals surface area contributed by atoms with E-state index in [0.717, 1.165) is 11.8 Å². The molecule has 0 aromatic heterocycles. The third-order valence-electron chi connectivity index (χ3n) is 6.16. The minimum absolute atomic E-state index is 0.00909. The van der Waals surface area contributed by atoms with E-state index in [1.165, 1.54) is 13.2 Å². The highest BCUT2D eigenvalue weighted by atomic mass is 32.2. The Kier molecular flexibility index (Phi) is 8.99. The van der Waals surface area contributed by atoms with E-state index >= 15 is 0 Å². The van der Waals surface area contributed by atoms with Gasteiger partial charge in [0, 0.05) is 28.7 Å². The van der Waals surface area contributed by atoms with Crippen molar-refractivity contribution in [3.05, 3.63) is 100 Å². The van der Waals surface area contributed by atoms with E-state index in [4.69, 9.17) is 9.47 Å². The van der Waals surface area contributed by atoms with E-state index in [0.29, 0.717) is 39.0 Å². The second-order valence-corrected chi connectivity index (χ2v) is 9.76. The number of anilines is 2.